The highest BCUT2D eigenvalue weighted by atomic mass is 19.1. The van der Waals surface area contributed by atoms with Crippen LogP contribution in [0, 0.1) is 11.6 Å². The highest BCUT2D eigenvalue weighted by Gasteiger charge is 2.37. The first-order valence-corrected chi connectivity index (χ1v) is 9.35. The quantitative estimate of drug-likeness (QED) is 0.882. The third-order valence-corrected chi connectivity index (χ3v) is 5.50. The van der Waals surface area contributed by atoms with Gasteiger partial charge in [-0.2, -0.15) is 0 Å². The third kappa shape index (κ3) is 3.21. The maximum absolute atomic E-state index is 13.7. The van der Waals surface area contributed by atoms with Gasteiger partial charge in [0.1, 0.15) is 17.8 Å². The lowest BCUT2D eigenvalue weighted by Gasteiger charge is -2.46. The van der Waals surface area contributed by atoms with Crippen LogP contribution in [0.15, 0.2) is 36.4 Å². The molecule has 28 heavy (non-hydrogen) atoms. The Bertz CT molecular complexity index is 947. The molecule has 1 N–H and O–H groups in total. The van der Waals surface area contributed by atoms with E-state index >= 15 is 0 Å². The second kappa shape index (κ2) is 7.22. The van der Waals surface area contributed by atoms with Gasteiger partial charge in [0.05, 0.1) is 11.3 Å². The molecule has 2 aromatic carbocycles. The van der Waals surface area contributed by atoms with E-state index in [0.717, 1.165) is 43.6 Å². The van der Waals surface area contributed by atoms with Crippen LogP contribution in [0.1, 0.15) is 45.5 Å². The predicted molar refractivity (Wildman–Crippen MR) is 101 cm³/mol. The Hall–Kier alpha value is -2.96. The maximum Gasteiger partial charge on any atom is 0.257 e. The van der Waals surface area contributed by atoms with Gasteiger partial charge in [0.2, 0.25) is 0 Å². The van der Waals surface area contributed by atoms with E-state index in [2.05, 4.69) is 5.32 Å². The topological polar surface area (TPSA) is 52.7 Å². The Morgan fingerprint density at radius 3 is 2.79 bits per heavy atom. The molecule has 0 radical (unpaired) electrons. The molecule has 4 rings (SSSR count). The highest BCUT2D eigenvalue weighted by Crippen LogP contribution is 2.34. The molecule has 7 heteroatoms. The fourth-order valence-corrected chi connectivity index (χ4v) is 3.96. The van der Waals surface area contributed by atoms with Crippen LogP contribution < -0.4 is 10.2 Å². The summed E-state index contributed by atoms with van der Waals surface area (Å²) in [6, 6.07) is 8.23. The molecule has 146 valence electrons. The van der Waals surface area contributed by atoms with Crippen molar-refractivity contribution in [2.45, 2.75) is 32.0 Å². The van der Waals surface area contributed by atoms with Gasteiger partial charge in [0.15, 0.2) is 0 Å². The number of piperidine rings is 1. The molecule has 1 saturated heterocycles. The van der Waals surface area contributed by atoms with E-state index in [0.29, 0.717) is 11.1 Å². The zero-order valence-electron chi connectivity index (χ0n) is 15.5. The van der Waals surface area contributed by atoms with Crippen LogP contribution in [0.2, 0.25) is 0 Å². The van der Waals surface area contributed by atoms with Crippen molar-refractivity contribution < 1.29 is 18.4 Å². The van der Waals surface area contributed by atoms with Gasteiger partial charge in [0.25, 0.3) is 11.8 Å². The monoisotopic (exact) mass is 385 g/mol. The highest BCUT2D eigenvalue weighted by molar-refractivity contribution is 6.04. The van der Waals surface area contributed by atoms with Gasteiger partial charge >= 0.3 is 0 Å². The molecule has 0 spiro atoms. The van der Waals surface area contributed by atoms with Crippen LogP contribution >= 0.6 is 0 Å². The molecule has 2 heterocycles. The Labute approximate surface area is 161 Å². The van der Waals surface area contributed by atoms with Crippen molar-refractivity contribution in [1.82, 2.24) is 10.2 Å². The fraction of sp³-hybridized carbons (Fsp3) is 0.333. The summed E-state index contributed by atoms with van der Waals surface area (Å²) in [4.78, 5) is 29.3. The molecule has 1 atom stereocenters. The number of nitrogens with zero attached hydrogens (tertiary/aromatic N) is 2. The minimum Gasteiger partial charge on any atom is -0.354 e. The lowest BCUT2D eigenvalue weighted by atomic mass is 9.97. The van der Waals surface area contributed by atoms with Crippen molar-refractivity contribution in [3.05, 3.63) is 64.7 Å². The van der Waals surface area contributed by atoms with Crippen LogP contribution in [-0.4, -0.2) is 36.5 Å². The molecule has 0 aliphatic carbocycles. The number of anilines is 1. The van der Waals surface area contributed by atoms with E-state index in [1.54, 1.807) is 18.2 Å². The van der Waals surface area contributed by atoms with E-state index in [-0.39, 0.29) is 30.1 Å². The van der Waals surface area contributed by atoms with Crippen LogP contribution in [0.25, 0.3) is 0 Å². The standard InChI is InChI=1S/C21H21F2N3O2/c1-25-18-10-13(20(27)24-12-14-5-7-15(22)11-17(14)23)6-8-16(18)21(28)26-9-3-2-4-19(25)26/h5-8,10-11,19H,2-4,9,12H2,1H3,(H,24,27)/t19-/m0/s1. The van der Waals surface area contributed by atoms with Crippen LogP contribution in [0.5, 0.6) is 0 Å². The number of nitrogens with one attached hydrogen (secondary N) is 1. The molecule has 0 bridgehead atoms. The lowest BCUT2D eigenvalue weighted by Crippen LogP contribution is -2.55. The van der Waals surface area contributed by atoms with Crippen molar-refractivity contribution in [3.8, 4) is 0 Å². The zero-order valence-corrected chi connectivity index (χ0v) is 15.5. The minimum atomic E-state index is -0.700. The lowest BCUT2D eigenvalue weighted by molar-refractivity contribution is 0.0589. The van der Waals surface area contributed by atoms with Gasteiger partial charge in [-0.15, -0.1) is 0 Å². The first kappa shape index (κ1) is 18.4. The summed E-state index contributed by atoms with van der Waals surface area (Å²) >= 11 is 0. The molecular weight excluding hydrogens is 364 g/mol. The smallest absolute Gasteiger partial charge is 0.257 e. The third-order valence-electron chi connectivity index (χ3n) is 5.50. The fourth-order valence-electron chi connectivity index (χ4n) is 3.96. The summed E-state index contributed by atoms with van der Waals surface area (Å²) in [5, 5.41) is 2.65. The van der Waals surface area contributed by atoms with Crippen LogP contribution in [0.4, 0.5) is 14.5 Å². The first-order chi connectivity index (χ1) is 13.5. The maximum atomic E-state index is 13.7. The number of rotatable bonds is 3. The van der Waals surface area contributed by atoms with Gasteiger partial charge < -0.3 is 15.1 Å². The van der Waals surface area contributed by atoms with Crippen molar-refractivity contribution in [2.75, 3.05) is 18.5 Å². The number of hydrogen-bond acceptors (Lipinski definition) is 3. The predicted octanol–water partition coefficient (Wildman–Crippen LogP) is 3.30. The second-order valence-corrected chi connectivity index (χ2v) is 7.24. The van der Waals surface area contributed by atoms with Crippen molar-refractivity contribution >= 4 is 17.5 Å². The summed E-state index contributed by atoms with van der Waals surface area (Å²) < 4.78 is 26.7. The normalized spacial score (nSPS) is 18.5. The molecule has 0 unspecified atom stereocenters. The molecule has 5 nitrogen and oxygen atoms in total. The van der Waals surface area contributed by atoms with Gasteiger partial charge in [0, 0.05) is 37.3 Å². The number of carbonyl (C=O) groups excluding carboxylic acids is 2. The van der Waals surface area contributed by atoms with Crippen LogP contribution in [0.3, 0.4) is 0 Å². The SMILES string of the molecule is CN1c2cc(C(=O)NCc3ccc(F)cc3F)ccc2C(=O)N2CCCC[C@H]21. The number of benzene rings is 2. The molecule has 2 amide bonds. The average Bonchev–Trinajstić information content (AvgIpc) is 2.71. The summed E-state index contributed by atoms with van der Waals surface area (Å²) in [6.07, 6.45) is 2.99. The minimum absolute atomic E-state index is 0.00172. The summed E-state index contributed by atoms with van der Waals surface area (Å²) in [5.74, 6) is -1.74. The van der Waals surface area contributed by atoms with E-state index in [1.807, 2.05) is 16.8 Å². The van der Waals surface area contributed by atoms with Gasteiger partial charge in [-0.05, 0) is 43.5 Å². The largest absolute Gasteiger partial charge is 0.354 e. The summed E-state index contributed by atoms with van der Waals surface area (Å²) in [5.41, 5.74) is 1.92. The summed E-state index contributed by atoms with van der Waals surface area (Å²) in [6.45, 7) is 0.700. The zero-order chi connectivity index (χ0) is 19.8. The Morgan fingerprint density at radius 2 is 2.00 bits per heavy atom. The average molecular weight is 385 g/mol. The first-order valence-electron chi connectivity index (χ1n) is 9.35. The molecule has 2 aliphatic rings. The molecule has 2 aliphatic heterocycles. The van der Waals surface area contributed by atoms with E-state index in [4.69, 9.17) is 0 Å². The molecule has 1 fully saturated rings. The van der Waals surface area contributed by atoms with E-state index in [9.17, 15) is 18.4 Å². The van der Waals surface area contributed by atoms with Crippen molar-refractivity contribution in [1.29, 1.82) is 0 Å². The Morgan fingerprint density at radius 1 is 1.18 bits per heavy atom. The molecular formula is C21H21F2N3O2. The van der Waals surface area contributed by atoms with Crippen molar-refractivity contribution in [2.24, 2.45) is 0 Å². The second-order valence-electron chi connectivity index (χ2n) is 7.24. The van der Waals surface area contributed by atoms with E-state index in [1.165, 1.54) is 6.07 Å². The van der Waals surface area contributed by atoms with Gasteiger partial charge in [-0.25, -0.2) is 8.78 Å². The Kier molecular flexibility index (Phi) is 4.75. The number of hydrogen-bond donors (Lipinski definition) is 1. The molecule has 2 aromatic rings. The number of fused-ring (bicyclic) bond motifs is 2. The summed E-state index contributed by atoms with van der Waals surface area (Å²) in [7, 11) is 1.93. The number of amides is 2. The van der Waals surface area contributed by atoms with E-state index < -0.39 is 11.6 Å². The van der Waals surface area contributed by atoms with Gasteiger partial charge in [-0.3, -0.25) is 9.59 Å². The number of halogens is 2. The van der Waals surface area contributed by atoms with Crippen molar-refractivity contribution in [3.63, 3.8) is 0 Å². The Balaban J connectivity index is 1.54. The molecule has 0 aromatic heterocycles. The van der Waals surface area contributed by atoms with Gasteiger partial charge in [-0.1, -0.05) is 6.07 Å². The molecule has 0 saturated carbocycles. The van der Waals surface area contributed by atoms with Crippen LogP contribution in [-0.2, 0) is 6.54 Å². The number of carbonyl (C=O) groups is 2.